The van der Waals surface area contributed by atoms with E-state index in [0.717, 1.165) is 34.1 Å². The molecule has 2 aliphatic rings. The van der Waals surface area contributed by atoms with Gasteiger partial charge in [0.25, 0.3) is 5.56 Å². The van der Waals surface area contributed by atoms with Gasteiger partial charge in [-0.15, -0.1) is 0 Å². The first-order valence-electron chi connectivity index (χ1n) is 11.2. The summed E-state index contributed by atoms with van der Waals surface area (Å²) in [5.74, 6) is 0.214. The van der Waals surface area contributed by atoms with Crippen molar-refractivity contribution in [2.75, 3.05) is 18.0 Å². The van der Waals surface area contributed by atoms with Crippen LogP contribution >= 0.6 is 0 Å². The lowest BCUT2D eigenvalue weighted by molar-refractivity contribution is 0.0646. The number of para-hydroxylation sites is 1. The van der Waals surface area contributed by atoms with Crippen LogP contribution in [0.2, 0.25) is 0 Å². The number of halogens is 1. The molecule has 1 saturated carbocycles. The zero-order valence-electron chi connectivity index (χ0n) is 17.6. The van der Waals surface area contributed by atoms with E-state index in [1.807, 2.05) is 58.1 Å². The molecule has 1 aliphatic heterocycles. The van der Waals surface area contributed by atoms with Crippen molar-refractivity contribution in [3.8, 4) is 0 Å². The number of fused-ring (bicyclic) bond motifs is 2. The fourth-order valence-corrected chi connectivity index (χ4v) is 5.03. The van der Waals surface area contributed by atoms with Gasteiger partial charge in [-0.05, 0) is 42.5 Å². The molecule has 0 bridgehead atoms. The number of piperidine rings is 1. The maximum absolute atomic E-state index is 13.8. The van der Waals surface area contributed by atoms with Gasteiger partial charge in [0.05, 0.1) is 16.6 Å². The van der Waals surface area contributed by atoms with Crippen molar-refractivity contribution in [3.63, 3.8) is 0 Å². The van der Waals surface area contributed by atoms with Crippen LogP contribution in [0.5, 0.6) is 0 Å². The van der Waals surface area contributed by atoms with E-state index in [4.69, 9.17) is 4.98 Å². The number of hydrogen-bond acceptors (Lipinski definition) is 4. The normalized spacial score (nSPS) is 25.4. The van der Waals surface area contributed by atoms with Gasteiger partial charge in [-0.25, -0.2) is 4.39 Å². The average molecular weight is 429 g/mol. The van der Waals surface area contributed by atoms with E-state index >= 15 is 0 Å². The third-order valence-corrected chi connectivity index (χ3v) is 6.89. The highest BCUT2D eigenvalue weighted by atomic mass is 19.1. The van der Waals surface area contributed by atoms with Crippen LogP contribution in [0.3, 0.4) is 0 Å². The monoisotopic (exact) mass is 429 g/mol. The van der Waals surface area contributed by atoms with Crippen LogP contribution in [-0.4, -0.2) is 40.0 Å². The van der Waals surface area contributed by atoms with Gasteiger partial charge < -0.3 is 14.6 Å². The second-order valence-electron chi connectivity index (χ2n) is 8.93. The molecule has 1 N–H and O–H groups in total. The average Bonchev–Trinajstić information content (AvgIpc) is 3.61. The van der Waals surface area contributed by atoms with Crippen LogP contribution in [0.15, 0.2) is 71.7 Å². The number of anilines is 1. The predicted molar refractivity (Wildman–Crippen MR) is 124 cm³/mol. The summed E-state index contributed by atoms with van der Waals surface area (Å²) in [6.07, 6.45) is 0.779. The topological polar surface area (TPSA) is 58.4 Å². The highest BCUT2D eigenvalue weighted by molar-refractivity contribution is 5.93. The molecule has 4 aromatic rings. The first-order valence-corrected chi connectivity index (χ1v) is 11.2. The molecule has 6 rings (SSSR count). The van der Waals surface area contributed by atoms with Gasteiger partial charge >= 0.3 is 0 Å². The molecular weight excluding hydrogens is 405 g/mol. The number of rotatable bonds is 3. The van der Waals surface area contributed by atoms with Crippen LogP contribution in [0, 0.1) is 0 Å². The molecule has 162 valence electrons. The minimum atomic E-state index is -1.21. The Morgan fingerprint density at radius 1 is 1.00 bits per heavy atom. The third-order valence-electron chi connectivity index (χ3n) is 6.89. The predicted octanol–water partition coefficient (Wildman–Crippen LogP) is 4.19. The molecule has 6 heteroatoms. The van der Waals surface area contributed by atoms with Gasteiger partial charge in [0.1, 0.15) is 12.3 Å². The molecule has 0 radical (unpaired) electrons. The minimum Gasteiger partial charge on any atom is -0.388 e. The summed E-state index contributed by atoms with van der Waals surface area (Å²) in [6.45, 7) is 0.681. The molecule has 5 nitrogen and oxygen atoms in total. The maximum Gasteiger partial charge on any atom is 0.260 e. The third kappa shape index (κ3) is 3.17. The van der Waals surface area contributed by atoms with Crippen molar-refractivity contribution in [2.24, 2.45) is 0 Å². The van der Waals surface area contributed by atoms with E-state index < -0.39 is 12.3 Å². The molecule has 1 aliphatic carbocycles. The summed E-state index contributed by atoms with van der Waals surface area (Å²) in [4.78, 5) is 20.3. The molecule has 0 spiro atoms. The van der Waals surface area contributed by atoms with Crippen molar-refractivity contribution in [2.45, 2.75) is 37.1 Å². The van der Waals surface area contributed by atoms with E-state index in [1.54, 1.807) is 0 Å². The number of pyridine rings is 2. The van der Waals surface area contributed by atoms with Crippen molar-refractivity contribution in [3.05, 3.63) is 82.9 Å². The lowest BCUT2D eigenvalue weighted by Gasteiger charge is -2.34. The summed E-state index contributed by atoms with van der Waals surface area (Å²) in [6, 6.07) is 20.0. The van der Waals surface area contributed by atoms with E-state index in [-0.39, 0.29) is 30.5 Å². The summed E-state index contributed by atoms with van der Waals surface area (Å²) in [5, 5.41) is 12.6. The lowest BCUT2D eigenvalue weighted by Crippen LogP contribution is -2.45. The molecule has 4 atom stereocenters. The number of alkyl halides is 1. The van der Waals surface area contributed by atoms with Crippen molar-refractivity contribution in [1.82, 2.24) is 9.55 Å². The molecule has 2 aromatic carbocycles. The Labute approximate surface area is 184 Å². The summed E-state index contributed by atoms with van der Waals surface area (Å²) in [7, 11) is 0. The number of nitrogens with zero attached hydrogens (tertiary/aromatic N) is 3. The van der Waals surface area contributed by atoms with Gasteiger partial charge in [0, 0.05) is 42.3 Å². The molecule has 1 saturated heterocycles. The zero-order valence-corrected chi connectivity index (χ0v) is 17.6. The number of hydrogen-bond donors (Lipinski definition) is 1. The quantitative estimate of drug-likeness (QED) is 0.531. The molecule has 0 unspecified atom stereocenters. The summed E-state index contributed by atoms with van der Waals surface area (Å²) < 4.78 is 15.6. The Kier molecular flexibility index (Phi) is 4.50. The maximum atomic E-state index is 13.8. The number of β-amino-alcohol motifs (C(OH)–C–C–N with tert-alkyl or cyclic N) is 1. The first kappa shape index (κ1) is 19.4. The van der Waals surface area contributed by atoms with E-state index in [2.05, 4.69) is 18.2 Å². The Bertz CT molecular complexity index is 1380. The van der Waals surface area contributed by atoms with Gasteiger partial charge in [0.15, 0.2) is 0 Å². The van der Waals surface area contributed by atoms with E-state index in [9.17, 15) is 14.3 Å². The smallest absolute Gasteiger partial charge is 0.260 e. The number of aliphatic hydroxyl groups excluding tert-OH is 1. The van der Waals surface area contributed by atoms with Crippen LogP contribution in [-0.2, 0) is 0 Å². The summed E-state index contributed by atoms with van der Waals surface area (Å²) in [5.41, 5.74) is 2.72. The van der Waals surface area contributed by atoms with Gasteiger partial charge in [-0.3, -0.25) is 9.78 Å². The first-order chi connectivity index (χ1) is 15.6. The van der Waals surface area contributed by atoms with Crippen LogP contribution in [0.25, 0.3) is 21.7 Å². The van der Waals surface area contributed by atoms with Crippen molar-refractivity contribution < 1.29 is 9.50 Å². The molecule has 2 fully saturated rings. The fraction of sp³-hybridized carbons (Fsp3) is 0.308. The number of aliphatic hydroxyl groups is 1. The Balaban J connectivity index is 1.36. The van der Waals surface area contributed by atoms with E-state index in [1.165, 1.54) is 0 Å². The van der Waals surface area contributed by atoms with Gasteiger partial charge in [-0.2, -0.15) is 0 Å². The molecule has 0 amide bonds. The Morgan fingerprint density at radius 2 is 1.84 bits per heavy atom. The van der Waals surface area contributed by atoms with Crippen molar-refractivity contribution in [1.29, 1.82) is 0 Å². The second-order valence-corrected chi connectivity index (χ2v) is 8.93. The molecular formula is C26H24FN3O2. The minimum absolute atomic E-state index is 0.0387. The highest BCUT2D eigenvalue weighted by Gasteiger charge is 2.42. The van der Waals surface area contributed by atoms with E-state index in [0.29, 0.717) is 11.9 Å². The Morgan fingerprint density at radius 3 is 2.72 bits per heavy atom. The van der Waals surface area contributed by atoms with Crippen LogP contribution < -0.4 is 10.5 Å². The number of aromatic nitrogens is 2. The molecule has 32 heavy (non-hydrogen) atoms. The standard InChI is InChI=1S/C26H24FN3O2/c27-19-11-12-29(15-24(19)31)22-7-3-5-17-10-13-30(26(32)25(17)22)23-14-18(23)21-9-8-16-4-1-2-6-20(16)28-21/h1-10,13,18-19,23-24,31H,11-12,14-15H2/t18-,19+,23+,24+/m0/s1. The van der Waals surface area contributed by atoms with Crippen LogP contribution in [0.4, 0.5) is 10.1 Å². The molecule has 2 aromatic heterocycles. The fourth-order valence-electron chi connectivity index (χ4n) is 5.03. The Hall–Kier alpha value is -3.25. The van der Waals surface area contributed by atoms with Crippen LogP contribution in [0.1, 0.15) is 30.5 Å². The SMILES string of the molecule is O=c1c2c(N3CC[C@@H](F)[C@H](O)C3)cccc2ccn1[C@@H]1C[C@H]1c1ccc2ccccc2n1. The van der Waals surface area contributed by atoms with Gasteiger partial charge in [0.2, 0.25) is 0 Å². The lowest BCUT2D eigenvalue weighted by atomic mass is 10.0. The highest BCUT2D eigenvalue weighted by Crippen LogP contribution is 2.50. The number of benzene rings is 2. The van der Waals surface area contributed by atoms with Crippen molar-refractivity contribution >= 4 is 27.4 Å². The second kappa shape index (κ2) is 7.41. The molecule has 3 heterocycles. The summed E-state index contributed by atoms with van der Waals surface area (Å²) >= 11 is 0. The zero-order chi connectivity index (χ0) is 21.8. The largest absolute Gasteiger partial charge is 0.388 e. The van der Waals surface area contributed by atoms with Gasteiger partial charge in [-0.1, -0.05) is 36.4 Å².